The van der Waals surface area contributed by atoms with Gasteiger partial charge in [-0.2, -0.15) is 0 Å². The molecule has 2 rings (SSSR count). The van der Waals surface area contributed by atoms with Gasteiger partial charge in [-0.15, -0.1) is 0 Å². The highest BCUT2D eigenvalue weighted by Gasteiger charge is 2.28. The number of aliphatic hydroxyl groups excluding tert-OH is 1. The highest BCUT2D eigenvalue weighted by atomic mass is 16.5. The van der Waals surface area contributed by atoms with E-state index in [0.29, 0.717) is 0 Å². The second kappa shape index (κ2) is 3.26. The second-order valence-corrected chi connectivity index (χ2v) is 3.43. The molecule has 0 radical (unpaired) electrons. The lowest BCUT2D eigenvalue weighted by atomic mass is 9.92. The number of nitrogen functional groups attached to an aromatic ring is 1. The van der Waals surface area contributed by atoms with Gasteiger partial charge in [0.05, 0.1) is 6.10 Å². The van der Waals surface area contributed by atoms with Gasteiger partial charge in [-0.25, -0.2) is 0 Å². The summed E-state index contributed by atoms with van der Waals surface area (Å²) in [6.07, 6.45) is 1.49. The molecule has 13 heavy (non-hydrogen) atoms. The van der Waals surface area contributed by atoms with E-state index < -0.39 is 0 Å². The first-order chi connectivity index (χ1) is 6.24. The zero-order valence-electron chi connectivity index (χ0n) is 7.31. The number of nitrogens with two attached hydrogens (primary N) is 1. The van der Waals surface area contributed by atoms with Crippen LogP contribution in [0.1, 0.15) is 12.8 Å². The van der Waals surface area contributed by atoms with Gasteiger partial charge in [0.2, 0.25) is 0 Å². The molecule has 0 amide bonds. The number of anilines is 1. The second-order valence-electron chi connectivity index (χ2n) is 3.43. The van der Waals surface area contributed by atoms with Gasteiger partial charge in [-0.3, -0.25) is 0 Å². The maximum Gasteiger partial charge on any atom is 0.119 e. The molecule has 0 aliphatic heterocycles. The van der Waals surface area contributed by atoms with Crippen molar-refractivity contribution >= 4 is 5.69 Å². The number of hydrogen-bond donors (Lipinski definition) is 2. The molecule has 1 fully saturated rings. The average Bonchev–Trinajstić information content (AvgIpc) is 2.06. The molecule has 0 spiro atoms. The van der Waals surface area contributed by atoms with E-state index in [4.69, 9.17) is 15.6 Å². The quantitative estimate of drug-likeness (QED) is 0.670. The highest BCUT2D eigenvalue weighted by molar-refractivity contribution is 5.41. The third kappa shape index (κ3) is 1.92. The SMILES string of the molecule is Nc1ccc(O[C@H]2C[C@H](O)C2)cc1. The van der Waals surface area contributed by atoms with Crippen LogP contribution in [0.5, 0.6) is 5.75 Å². The number of benzene rings is 1. The van der Waals surface area contributed by atoms with Crippen molar-refractivity contribution in [1.29, 1.82) is 0 Å². The van der Waals surface area contributed by atoms with E-state index in [1.54, 1.807) is 0 Å². The zero-order chi connectivity index (χ0) is 9.26. The van der Waals surface area contributed by atoms with Gasteiger partial charge in [0.25, 0.3) is 0 Å². The van der Waals surface area contributed by atoms with E-state index in [9.17, 15) is 0 Å². The van der Waals surface area contributed by atoms with E-state index in [0.717, 1.165) is 24.3 Å². The van der Waals surface area contributed by atoms with Crippen molar-refractivity contribution in [2.24, 2.45) is 0 Å². The first kappa shape index (κ1) is 8.38. The molecule has 1 aromatic carbocycles. The van der Waals surface area contributed by atoms with Gasteiger partial charge in [0.15, 0.2) is 0 Å². The van der Waals surface area contributed by atoms with E-state index >= 15 is 0 Å². The molecular formula is C10H13NO2. The van der Waals surface area contributed by atoms with E-state index in [1.807, 2.05) is 24.3 Å². The Bertz CT molecular complexity index is 277. The van der Waals surface area contributed by atoms with Crippen LogP contribution in [0, 0.1) is 0 Å². The van der Waals surface area contributed by atoms with Crippen LogP contribution in [0.25, 0.3) is 0 Å². The van der Waals surface area contributed by atoms with Crippen LogP contribution < -0.4 is 10.5 Å². The standard InChI is InChI=1S/C10H13NO2/c11-7-1-3-9(4-2-7)13-10-5-8(12)6-10/h1-4,8,10,12H,5-6,11H2/t8-,10-. The minimum Gasteiger partial charge on any atom is -0.490 e. The van der Waals surface area contributed by atoms with Gasteiger partial charge in [0, 0.05) is 18.5 Å². The summed E-state index contributed by atoms with van der Waals surface area (Å²) in [6.45, 7) is 0. The van der Waals surface area contributed by atoms with Gasteiger partial charge in [-0.05, 0) is 24.3 Å². The fourth-order valence-electron chi connectivity index (χ4n) is 1.37. The Morgan fingerprint density at radius 1 is 1.23 bits per heavy atom. The number of aliphatic hydroxyl groups is 1. The number of ether oxygens (including phenoxy) is 1. The Hall–Kier alpha value is -1.22. The van der Waals surface area contributed by atoms with Crippen LogP contribution in [-0.2, 0) is 0 Å². The van der Waals surface area contributed by atoms with Crippen LogP contribution in [0.4, 0.5) is 5.69 Å². The summed E-state index contributed by atoms with van der Waals surface area (Å²) in [5, 5.41) is 9.04. The molecule has 1 aromatic rings. The fraction of sp³-hybridized carbons (Fsp3) is 0.400. The summed E-state index contributed by atoms with van der Waals surface area (Å²) in [5.41, 5.74) is 6.27. The van der Waals surface area contributed by atoms with Gasteiger partial charge in [-0.1, -0.05) is 0 Å². The topological polar surface area (TPSA) is 55.5 Å². The molecule has 0 unspecified atom stereocenters. The maximum absolute atomic E-state index is 9.04. The van der Waals surface area contributed by atoms with Crippen LogP contribution in [-0.4, -0.2) is 17.3 Å². The first-order valence-electron chi connectivity index (χ1n) is 4.44. The molecular weight excluding hydrogens is 166 g/mol. The van der Waals surface area contributed by atoms with Crippen LogP contribution >= 0.6 is 0 Å². The van der Waals surface area contributed by atoms with Gasteiger partial charge in [0.1, 0.15) is 11.9 Å². The zero-order valence-corrected chi connectivity index (χ0v) is 7.31. The third-order valence-corrected chi connectivity index (χ3v) is 2.25. The fourth-order valence-corrected chi connectivity index (χ4v) is 1.37. The normalized spacial score (nSPS) is 26.5. The van der Waals surface area contributed by atoms with Gasteiger partial charge >= 0.3 is 0 Å². The third-order valence-electron chi connectivity index (χ3n) is 2.25. The van der Waals surface area contributed by atoms with Crippen LogP contribution in [0.2, 0.25) is 0 Å². The predicted octanol–water partition coefficient (Wildman–Crippen LogP) is 1.17. The summed E-state index contributed by atoms with van der Waals surface area (Å²) < 4.78 is 5.56. The van der Waals surface area contributed by atoms with E-state index in [-0.39, 0.29) is 12.2 Å². The summed E-state index contributed by atoms with van der Waals surface area (Å²) >= 11 is 0. The molecule has 0 saturated heterocycles. The summed E-state index contributed by atoms with van der Waals surface area (Å²) in [6, 6.07) is 7.31. The highest BCUT2D eigenvalue weighted by Crippen LogP contribution is 2.25. The van der Waals surface area contributed by atoms with Crippen molar-refractivity contribution in [3.8, 4) is 5.75 Å². The van der Waals surface area contributed by atoms with Crippen molar-refractivity contribution in [2.45, 2.75) is 25.0 Å². The van der Waals surface area contributed by atoms with Crippen molar-refractivity contribution in [3.63, 3.8) is 0 Å². The summed E-state index contributed by atoms with van der Waals surface area (Å²) in [5.74, 6) is 0.825. The monoisotopic (exact) mass is 179 g/mol. The Kier molecular flexibility index (Phi) is 2.10. The molecule has 1 saturated carbocycles. The van der Waals surface area contributed by atoms with Crippen molar-refractivity contribution in [2.75, 3.05) is 5.73 Å². The molecule has 3 N–H and O–H groups in total. The molecule has 3 nitrogen and oxygen atoms in total. The lowest BCUT2D eigenvalue weighted by molar-refractivity contribution is -0.0107. The van der Waals surface area contributed by atoms with E-state index in [2.05, 4.69) is 0 Å². The van der Waals surface area contributed by atoms with Crippen molar-refractivity contribution in [3.05, 3.63) is 24.3 Å². The first-order valence-corrected chi connectivity index (χ1v) is 4.44. The lowest BCUT2D eigenvalue weighted by Gasteiger charge is -2.31. The molecule has 0 bridgehead atoms. The van der Waals surface area contributed by atoms with Gasteiger partial charge < -0.3 is 15.6 Å². The molecule has 0 heterocycles. The smallest absolute Gasteiger partial charge is 0.119 e. The van der Waals surface area contributed by atoms with Crippen molar-refractivity contribution < 1.29 is 9.84 Å². The summed E-state index contributed by atoms with van der Waals surface area (Å²) in [4.78, 5) is 0. The lowest BCUT2D eigenvalue weighted by Crippen LogP contribution is -2.37. The molecule has 1 aliphatic rings. The molecule has 0 aromatic heterocycles. The minimum absolute atomic E-state index is 0.168. The molecule has 0 atom stereocenters. The van der Waals surface area contributed by atoms with Crippen LogP contribution in [0.3, 0.4) is 0 Å². The van der Waals surface area contributed by atoms with E-state index in [1.165, 1.54) is 0 Å². The van der Waals surface area contributed by atoms with Crippen LogP contribution in [0.15, 0.2) is 24.3 Å². The molecule has 3 heteroatoms. The Morgan fingerprint density at radius 2 is 1.85 bits per heavy atom. The molecule has 1 aliphatic carbocycles. The Morgan fingerprint density at radius 3 is 2.38 bits per heavy atom. The average molecular weight is 179 g/mol. The summed E-state index contributed by atoms with van der Waals surface area (Å²) in [7, 11) is 0. The number of rotatable bonds is 2. The van der Waals surface area contributed by atoms with Crippen molar-refractivity contribution in [1.82, 2.24) is 0 Å². The Labute approximate surface area is 77.1 Å². The predicted molar refractivity (Wildman–Crippen MR) is 50.5 cm³/mol. The largest absolute Gasteiger partial charge is 0.490 e. The maximum atomic E-state index is 9.04. The Balaban J connectivity index is 1.91. The molecule has 70 valence electrons. The minimum atomic E-state index is -0.168. The number of hydrogen-bond acceptors (Lipinski definition) is 3.